The number of esters is 1. The van der Waals surface area contributed by atoms with Crippen molar-refractivity contribution in [2.75, 3.05) is 13.2 Å². The van der Waals surface area contributed by atoms with Gasteiger partial charge in [0.15, 0.2) is 0 Å². The Labute approximate surface area is 180 Å². The second-order valence-electron chi connectivity index (χ2n) is 7.62. The molecule has 1 heterocycles. The molecule has 1 aromatic rings. The fourth-order valence-corrected chi connectivity index (χ4v) is 3.43. The standard InChI is InChI=1S/C25H33NO4/c1-4-6-7-8-19(3)23(27)15-13-22-14-16-24(28)26(22)18-17-20-9-11-21(12-10-20)25(29)30-5-2/h9-13,15,19,22-23,27H,4-5,8,14,16-18H2,1-3H3/b15-13+/t19-,22-,23-/m0/s1. The lowest BCUT2D eigenvalue weighted by Gasteiger charge is -2.23. The Hall–Kier alpha value is -2.58. The maximum Gasteiger partial charge on any atom is 0.338 e. The lowest BCUT2D eigenvalue weighted by Crippen LogP contribution is -2.34. The zero-order valence-corrected chi connectivity index (χ0v) is 18.3. The van der Waals surface area contributed by atoms with E-state index in [9.17, 15) is 14.7 Å². The smallest absolute Gasteiger partial charge is 0.338 e. The van der Waals surface area contributed by atoms with E-state index in [-0.39, 0.29) is 23.8 Å². The van der Waals surface area contributed by atoms with E-state index in [1.165, 1.54) is 0 Å². The van der Waals surface area contributed by atoms with Crippen LogP contribution in [0, 0.1) is 17.8 Å². The van der Waals surface area contributed by atoms with E-state index in [0.717, 1.165) is 18.4 Å². The number of amides is 1. The number of rotatable bonds is 9. The van der Waals surface area contributed by atoms with E-state index in [1.54, 1.807) is 19.1 Å². The van der Waals surface area contributed by atoms with Crippen molar-refractivity contribution in [2.45, 2.75) is 65.0 Å². The largest absolute Gasteiger partial charge is 0.462 e. The molecule has 1 fully saturated rings. The molecule has 162 valence electrons. The molecule has 0 unspecified atom stereocenters. The summed E-state index contributed by atoms with van der Waals surface area (Å²) >= 11 is 0. The van der Waals surface area contributed by atoms with Gasteiger partial charge in [-0.3, -0.25) is 4.79 Å². The summed E-state index contributed by atoms with van der Waals surface area (Å²) in [6.07, 6.45) is 6.70. The number of likely N-dealkylation sites (tertiary alicyclic amines) is 1. The fourth-order valence-electron chi connectivity index (χ4n) is 3.43. The van der Waals surface area contributed by atoms with Gasteiger partial charge in [0.05, 0.1) is 24.3 Å². The van der Waals surface area contributed by atoms with Gasteiger partial charge in [-0.1, -0.05) is 38.1 Å². The van der Waals surface area contributed by atoms with Crippen LogP contribution in [-0.2, 0) is 16.0 Å². The maximum atomic E-state index is 12.3. The zero-order chi connectivity index (χ0) is 21.9. The number of ether oxygens (including phenoxy) is 1. The number of aliphatic hydroxyl groups is 1. The number of carbonyl (C=O) groups excluding carboxylic acids is 2. The van der Waals surface area contributed by atoms with Crippen LogP contribution in [0.3, 0.4) is 0 Å². The monoisotopic (exact) mass is 411 g/mol. The van der Waals surface area contributed by atoms with Gasteiger partial charge in [-0.25, -0.2) is 4.79 Å². The lowest BCUT2D eigenvalue weighted by molar-refractivity contribution is -0.128. The predicted octanol–water partition coefficient (Wildman–Crippen LogP) is 3.75. The molecule has 2 rings (SSSR count). The average Bonchev–Trinajstić information content (AvgIpc) is 3.10. The van der Waals surface area contributed by atoms with E-state index in [1.807, 2.05) is 43.0 Å². The highest BCUT2D eigenvalue weighted by Crippen LogP contribution is 2.21. The summed E-state index contributed by atoms with van der Waals surface area (Å²) in [5, 5.41) is 10.4. The van der Waals surface area contributed by atoms with E-state index in [2.05, 4.69) is 11.8 Å². The summed E-state index contributed by atoms with van der Waals surface area (Å²) < 4.78 is 5.00. The minimum absolute atomic E-state index is 0.0138. The third kappa shape index (κ3) is 7.03. The molecule has 1 aliphatic rings. The minimum atomic E-state index is -0.566. The van der Waals surface area contributed by atoms with Crippen molar-refractivity contribution in [1.82, 2.24) is 4.90 Å². The number of nitrogens with zero attached hydrogens (tertiary/aromatic N) is 1. The van der Waals surface area contributed by atoms with Crippen LogP contribution in [0.4, 0.5) is 0 Å². The molecule has 0 aliphatic carbocycles. The van der Waals surface area contributed by atoms with Crippen LogP contribution >= 0.6 is 0 Å². The first-order valence-corrected chi connectivity index (χ1v) is 10.8. The van der Waals surface area contributed by atoms with Crippen LogP contribution < -0.4 is 0 Å². The van der Waals surface area contributed by atoms with E-state index in [0.29, 0.717) is 38.0 Å². The van der Waals surface area contributed by atoms with Crippen LogP contribution in [0.25, 0.3) is 0 Å². The van der Waals surface area contributed by atoms with Crippen molar-refractivity contribution in [3.8, 4) is 11.8 Å². The van der Waals surface area contributed by atoms with E-state index in [4.69, 9.17) is 4.74 Å². The Bertz CT molecular complexity index is 788. The highest BCUT2D eigenvalue weighted by Gasteiger charge is 2.28. The van der Waals surface area contributed by atoms with Crippen molar-refractivity contribution in [3.63, 3.8) is 0 Å². The van der Waals surface area contributed by atoms with Crippen LogP contribution in [0.2, 0.25) is 0 Å². The summed E-state index contributed by atoms with van der Waals surface area (Å²) in [4.78, 5) is 26.0. The number of carbonyl (C=O) groups is 2. The molecule has 1 saturated heterocycles. The Balaban J connectivity index is 1.91. The second kappa shape index (κ2) is 12.2. The number of benzene rings is 1. The normalized spacial score (nSPS) is 18.2. The third-order valence-electron chi connectivity index (χ3n) is 5.32. The van der Waals surface area contributed by atoms with Crippen LogP contribution in [0.15, 0.2) is 36.4 Å². The van der Waals surface area contributed by atoms with Gasteiger partial charge in [0.25, 0.3) is 0 Å². The highest BCUT2D eigenvalue weighted by atomic mass is 16.5. The fraction of sp³-hybridized carbons (Fsp3) is 0.520. The van der Waals surface area contributed by atoms with Crippen molar-refractivity contribution in [1.29, 1.82) is 0 Å². The zero-order valence-electron chi connectivity index (χ0n) is 18.3. The van der Waals surface area contributed by atoms with Crippen molar-refractivity contribution in [3.05, 3.63) is 47.5 Å². The van der Waals surface area contributed by atoms with Crippen LogP contribution in [0.1, 0.15) is 62.4 Å². The molecule has 0 aromatic heterocycles. The van der Waals surface area contributed by atoms with E-state index >= 15 is 0 Å². The third-order valence-corrected chi connectivity index (χ3v) is 5.32. The topological polar surface area (TPSA) is 66.8 Å². The first-order valence-electron chi connectivity index (χ1n) is 10.8. The average molecular weight is 412 g/mol. The molecule has 0 radical (unpaired) electrons. The summed E-state index contributed by atoms with van der Waals surface area (Å²) in [7, 11) is 0. The SMILES string of the molecule is CCC#CC[C@H](C)[C@@H](O)/C=C/[C@H]1CCC(=O)N1CCc1ccc(C(=O)OCC)cc1. The first-order chi connectivity index (χ1) is 14.5. The highest BCUT2D eigenvalue weighted by molar-refractivity contribution is 5.89. The summed E-state index contributed by atoms with van der Waals surface area (Å²) in [5.41, 5.74) is 1.60. The van der Waals surface area contributed by atoms with Crippen LogP contribution in [0.5, 0.6) is 0 Å². The predicted molar refractivity (Wildman–Crippen MR) is 118 cm³/mol. The summed E-state index contributed by atoms with van der Waals surface area (Å²) in [6.45, 7) is 6.74. The molecule has 0 saturated carbocycles. The van der Waals surface area contributed by atoms with Gasteiger partial charge in [0.2, 0.25) is 5.91 Å². The van der Waals surface area contributed by atoms with Gasteiger partial charge >= 0.3 is 5.97 Å². The molecule has 1 aliphatic heterocycles. The maximum absolute atomic E-state index is 12.3. The molecule has 0 bridgehead atoms. The van der Waals surface area contributed by atoms with Crippen molar-refractivity contribution < 1.29 is 19.4 Å². The van der Waals surface area contributed by atoms with Gasteiger partial charge < -0.3 is 14.7 Å². The molecular weight excluding hydrogens is 378 g/mol. The molecule has 0 spiro atoms. The molecule has 5 nitrogen and oxygen atoms in total. The quantitative estimate of drug-likeness (QED) is 0.382. The Kier molecular flexibility index (Phi) is 9.63. The molecule has 3 atom stereocenters. The number of hydrogen-bond donors (Lipinski definition) is 1. The number of aliphatic hydroxyl groups excluding tert-OH is 1. The van der Waals surface area contributed by atoms with E-state index < -0.39 is 6.10 Å². The van der Waals surface area contributed by atoms with Crippen molar-refractivity contribution in [2.24, 2.45) is 5.92 Å². The second-order valence-corrected chi connectivity index (χ2v) is 7.62. The molecule has 30 heavy (non-hydrogen) atoms. The molecule has 1 amide bonds. The Morgan fingerprint density at radius 3 is 2.70 bits per heavy atom. The molecule has 5 heteroatoms. The molecule has 1 N–H and O–H groups in total. The summed E-state index contributed by atoms with van der Waals surface area (Å²) in [6, 6.07) is 7.34. The van der Waals surface area contributed by atoms with Gasteiger partial charge in [-0.15, -0.1) is 11.8 Å². The van der Waals surface area contributed by atoms with Crippen LogP contribution in [-0.4, -0.2) is 47.2 Å². The summed E-state index contributed by atoms with van der Waals surface area (Å²) in [5.74, 6) is 5.99. The molecular formula is C25H33NO4. The number of hydrogen-bond acceptors (Lipinski definition) is 4. The van der Waals surface area contributed by atoms with Gasteiger partial charge in [0.1, 0.15) is 0 Å². The minimum Gasteiger partial charge on any atom is -0.462 e. The first kappa shape index (κ1) is 23.7. The van der Waals surface area contributed by atoms with Crippen molar-refractivity contribution >= 4 is 11.9 Å². The Morgan fingerprint density at radius 1 is 1.30 bits per heavy atom. The Morgan fingerprint density at radius 2 is 2.03 bits per heavy atom. The van der Waals surface area contributed by atoms with Gasteiger partial charge in [0, 0.05) is 25.8 Å². The van der Waals surface area contributed by atoms with Gasteiger partial charge in [-0.05, 0) is 43.4 Å². The van der Waals surface area contributed by atoms with Gasteiger partial charge in [-0.2, -0.15) is 0 Å². The molecule has 1 aromatic carbocycles. The lowest BCUT2D eigenvalue weighted by atomic mass is 10.00.